The number of hydrogen-bond donors (Lipinski definition) is 3. The standard InChI is InChI=1S/C10H13NO6S2/c1-5-2-8(18-9(5)10(14)15)19(16,17)11-3-6(12)7(13)4-11/h2,6-7,12-13H,3-4H2,1H3,(H,14,15). The predicted octanol–water partition coefficient (Wildman–Crippen LogP) is -0.519. The van der Waals surface area contributed by atoms with Crippen LogP contribution in [0.4, 0.5) is 0 Å². The molecular weight excluding hydrogens is 294 g/mol. The Morgan fingerprint density at radius 2 is 1.89 bits per heavy atom. The van der Waals surface area contributed by atoms with Crippen LogP contribution >= 0.6 is 11.3 Å². The summed E-state index contributed by atoms with van der Waals surface area (Å²) in [7, 11) is -3.87. The highest BCUT2D eigenvalue weighted by atomic mass is 32.2. The van der Waals surface area contributed by atoms with E-state index in [0.717, 1.165) is 4.31 Å². The third kappa shape index (κ3) is 2.51. The molecule has 0 amide bonds. The lowest BCUT2D eigenvalue weighted by Gasteiger charge is -2.13. The van der Waals surface area contributed by atoms with E-state index in [-0.39, 0.29) is 22.2 Å². The van der Waals surface area contributed by atoms with Gasteiger partial charge in [0.15, 0.2) is 0 Å². The number of sulfonamides is 1. The van der Waals surface area contributed by atoms with Crippen LogP contribution in [0.5, 0.6) is 0 Å². The molecule has 0 radical (unpaired) electrons. The Morgan fingerprint density at radius 1 is 1.37 bits per heavy atom. The maximum absolute atomic E-state index is 12.2. The molecule has 0 spiro atoms. The minimum atomic E-state index is -3.87. The summed E-state index contributed by atoms with van der Waals surface area (Å²) in [5.74, 6) is -1.18. The van der Waals surface area contributed by atoms with Gasteiger partial charge in [-0.05, 0) is 18.6 Å². The van der Waals surface area contributed by atoms with E-state index in [9.17, 15) is 23.4 Å². The molecule has 106 valence electrons. The van der Waals surface area contributed by atoms with Crippen molar-refractivity contribution in [3.63, 3.8) is 0 Å². The average molecular weight is 307 g/mol. The van der Waals surface area contributed by atoms with Crippen LogP contribution in [0.2, 0.25) is 0 Å². The second-order valence-electron chi connectivity index (χ2n) is 4.34. The maximum atomic E-state index is 12.2. The van der Waals surface area contributed by atoms with Gasteiger partial charge in [0.1, 0.15) is 9.09 Å². The molecule has 1 saturated heterocycles. The first-order valence-corrected chi connectivity index (χ1v) is 7.69. The summed E-state index contributed by atoms with van der Waals surface area (Å²) in [6.45, 7) is 1.14. The van der Waals surface area contributed by atoms with Gasteiger partial charge in [0, 0.05) is 13.1 Å². The molecule has 2 rings (SSSR count). The van der Waals surface area contributed by atoms with Crippen molar-refractivity contribution in [2.75, 3.05) is 13.1 Å². The minimum absolute atomic E-state index is 0.0288. The summed E-state index contributed by atoms with van der Waals surface area (Å²) < 4.78 is 25.3. The second kappa shape index (κ2) is 4.84. The molecular formula is C10H13NO6S2. The molecule has 2 heterocycles. The van der Waals surface area contributed by atoms with Crippen molar-refractivity contribution in [1.29, 1.82) is 0 Å². The van der Waals surface area contributed by atoms with Crippen molar-refractivity contribution >= 4 is 27.3 Å². The van der Waals surface area contributed by atoms with E-state index in [2.05, 4.69) is 0 Å². The fourth-order valence-electron chi connectivity index (χ4n) is 1.85. The first kappa shape index (κ1) is 14.4. The lowest BCUT2D eigenvalue weighted by molar-refractivity contribution is 0.0572. The summed E-state index contributed by atoms with van der Waals surface area (Å²) in [6.07, 6.45) is -2.23. The molecule has 1 aliphatic rings. The number of thiophene rings is 1. The summed E-state index contributed by atoms with van der Waals surface area (Å²) in [5, 5.41) is 27.7. The molecule has 1 aromatic rings. The average Bonchev–Trinajstić information content (AvgIpc) is 2.84. The molecule has 1 aromatic heterocycles. The molecule has 9 heteroatoms. The van der Waals surface area contributed by atoms with Crippen LogP contribution in [0.3, 0.4) is 0 Å². The van der Waals surface area contributed by atoms with Crippen molar-refractivity contribution in [2.24, 2.45) is 0 Å². The van der Waals surface area contributed by atoms with Crippen LogP contribution in [0.1, 0.15) is 15.2 Å². The third-order valence-electron chi connectivity index (χ3n) is 2.91. The van der Waals surface area contributed by atoms with Gasteiger partial charge < -0.3 is 15.3 Å². The number of nitrogens with zero attached hydrogens (tertiary/aromatic N) is 1. The highest BCUT2D eigenvalue weighted by Gasteiger charge is 2.38. The van der Waals surface area contributed by atoms with Crippen LogP contribution in [0, 0.1) is 6.92 Å². The molecule has 19 heavy (non-hydrogen) atoms. The van der Waals surface area contributed by atoms with Crippen LogP contribution in [-0.2, 0) is 10.0 Å². The number of aliphatic hydroxyl groups excluding tert-OH is 2. The molecule has 7 nitrogen and oxygen atoms in total. The minimum Gasteiger partial charge on any atom is -0.477 e. The largest absolute Gasteiger partial charge is 0.477 e. The summed E-state index contributed by atoms with van der Waals surface area (Å²) in [6, 6.07) is 1.29. The van der Waals surface area contributed by atoms with Gasteiger partial charge in [-0.3, -0.25) is 0 Å². The van der Waals surface area contributed by atoms with Gasteiger partial charge in [0.2, 0.25) is 0 Å². The van der Waals surface area contributed by atoms with Gasteiger partial charge >= 0.3 is 5.97 Å². The first-order valence-electron chi connectivity index (χ1n) is 5.43. The maximum Gasteiger partial charge on any atom is 0.346 e. The van der Waals surface area contributed by atoms with Gasteiger partial charge in [0.05, 0.1) is 12.2 Å². The van der Waals surface area contributed by atoms with Gasteiger partial charge in [-0.15, -0.1) is 11.3 Å². The zero-order valence-corrected chi connectivity index (χ0v) is 11.6. The number of hydrogen-bond acceptors (Lipinski definition) is 6. The van der Waals surface area contributed by atoms with Gasteiger partial charge in [-0.25, -0.2) is 13.2 Å². The van der Waals surface area contributed by atoms with Gasteiger partial charge in [-0.1, -0.05) is 0 Å². The highest BCUT2D eigenvalue weighted by Crippen LogP contribution is 2.30. The van der Waals surface area contributed by atoms with E-state index in [1.807, 2.05) is 0 Å². The summed E-state index contributed by atoms with van der Waals surface area (Å²) in [4.78, 5) is 10.9. The van der Waals surface area contributed by atoms with Crippen molar-refractivity contribution in [2.45, 2.75) is 23.3 Å². The fraction of sp³-hybridized carbons (Fsp3) is 0.500. The normalized spacial score (nSPS) is 24.8. The van der Waals surface area contributed by atoms with Crippen molar-refractivity contribution in [1.82, 2.24) is 4.31 Å². The van der Waals surface area contributed by atoms with E-state index in [4.69, 9.17) is 5.11 Å². The van der Waals surface area contributed by atoms with Crippen LogP contribution in [0.25, 0.3) is 0 Å². The zero-order chi connectivity index (χ0) is 14.4. The molecule has 0 aliphatic carbocycles. The Balaban J connectivity index is 2.35. The monoisotopic (exact) mass is 307 g/mol. The lowest BCUT2D eigenvalue weighted by atomic mass is 10.3. The number of carboxylic acid groups (broad SMARTS) is 1. The molecule has 0 aromatic carbocycles. The number of aryl methyl sites for hydroxylation is 1. The first-order chi connectivity index (χ1) is 8.73. The SMILES string of the molecule is Cc1cc(S(=O)(=O)N2CC(O)C(O)C2)sc1C(=O)O. The quantitative estimate of drug-likeness (QED) is 0.692. The Kier molecular flexibility index (Phi) is 3.67. The molecule has 0 saturated carbocycles. The van der Waals surface area contributed by atoms with E-state index >= 15 is 0 Å². The molecule has 1 fully saturated rings. The topological polar surface area (TPSA) is 115 Å². The predicted molar refractivity (Wildman–Crippen MR) is 66.8 cm³/mol. The summed E-state index contributed by atoms with van der Waals surface area (Å²) >= 11 is 0.671. The third-order valence-corrected chi connectivity index (χ3v) is 6.42. The number of rotatable bonds is 3. The Bertz CT molecular complexity index is 598. The lowest BCUT2D eigenvalue weighted by Crippen LogP contribution is -2.29. The molecule has 1 aliphatic heterocycles. The fourth-order valence-corrected chi connectivity index (χ4v) is 4.86. The number of aliphatic hydroxyl groups is 2. The van der Waals surface area contributed by atoms with E-state index in [0.29, 0.717) is 16.9 Å². The van der Waals surface area contributed by atoms with Crippen molar-refractivity contribution < 1.29 is 28.5 Å². The van der Waals surface area contributed by atoms with Crippen LogP contribution in [-0.4, -0.2) is 59.3 Å². The Labute approximate surface area is 113 Å². The van der Waals surface area contributed by atoms with Gasteiger partial charge in [0.25, 0.3) is 10.0 Å². The Hall–Kier alpha value is -1.00. The van der Waals surface area contributed by atoms with Crippen molar-refractivity contribution in [3.8, 4) is 0 Å². The van der Waals surface area contributed by atoms with Crippen molar-refractivity contribution in [3.05, 3.63) is 16.5 Å². The van der Waals surface area contributed by atoms with Crippen LogP contribution in [0.15, 0.2) is 10.3 Å². The number of aromatic carboxylic acids is 1. The zero-order valence-electron chi connectivity index (χ0n) is 9.98. The number of carbonyl (C=O) groups is 1. The highest BCUT2D eigenvalue weighted by molar-refractivity contribution is 7.91. The number of β-amino-alcohol motifs (C(OH)–C–C–N with tert-alkyl or cyclic N) is 2. The Morgan fingerprint density at radius 3 is 2.32 bits per heavy atom. The van der Waals surface area contributed by atoms with E-state index < -0.39 is 28.2 Å². The molecule has 2 unspecified atom stereocenters. The van der Waals surface area contributed by atoms with E-state index in [1.54, 1.807) is 0 Å². The molecule has 2 atom stereocenters. The van der Waals surface area contributed by atoms with Crippen LogP contribution < -0.4 is 0 Å². The smallest absolute Gasteiger partial charge is 0.346 e. The van der Waals surface area contributed by atoms with Gasteiger partial charge in [-0.2, -0.15) is 4.31 Å². The molecule has 3 N–H and O–H groups in total. The van der Waals surface area contributed by atoms with E-state index in [1.165, 1.54) is 13.0 Å². The molecule has 0 bridgehead atoms. The summed E-state index contributed by atoms with van der Waals surface area (Å²) in [5.41, 5.74) is 0.372. The number of carboxylic acids is 1. The second-order valence-corrected chi connectivity index (χ2v) is 7.56.